The first-order valence-electron chi connectivity index (χ1n) is 3.25. The van der Waals surface area contributed by atoms with E-state index in [1.54, 1.807) is 0 Å². The molecule has 0 aromatic heterocycles. The monoisotopic (exact) mass is 149 g/mol. The van der Waals surface area contributed by atoms with Crippen molar-refractivity contribution in [2.24, 2.45) is 5.73 Å². The van der Waals surface area contributed by atoms with Gasteiger partial charge < -0.3 is 4.48 Å². The second-order valence-corrected chi connectivity index (χ2v) is 3.37. The van der Waals surface area contributed by atoms with Gasteiger partial charge in [-0.15, -0.1) is 0 Å². The first-order valence-corrected chi connectivity index (χ1v) is 3.88. The van der Waals surface area contributed by atoms with Crippen molar-refractivity contribution in [3.63, 3.8) is 0 Å². The van der Waals surface area contributed by atoms with Gasteiger partial charge in [0.15, 0.2) is 0 Å². The van der Waals surface area contributed by atoms with Crippen LogP contribution in [0.4, 0.5) is 0 Å². The Bertz CT molecular complexity index is 73.5. The average molecular weight is 149 g/mol. The minimum absolute atomic E-state index is 0.716. The van der Waals surface area contributed by atoms with Gasteiger partial charge in [-0.05, 0) is 5.75 Å². The van der Waals surface area contributed by atoms with Crippen LogP contribution in [0.25, 0.3) is 0 Å². The summed E-state index contributed by atoms with van der Waals surface area (Å²) in [5, 5.41) is 0. The van der Waals surface area contributed by atoms with Crippen molar-refractivity contribution in [3.05, 3.63) is 0 Å². The second-order valence-electron chi connectivity index (χ2n) is 2.92. The van der Waals surface area contributed by atoms with Gasteiger partial charge in [0.1, 0.15) is 6.67 Å². The van der Waals surface area contributed by atoms with E-state index in [2.05, 4.69) is 26.7 Å². The van der Waals surface area contributed by atoms with E-state index in [4.69, 9.17) is 5.73 Å². The van der Waals surface area contributed by atoms with Gasteiger partial charge in [-0.2, -0.15) is 12.6 Å². The van der Waals surface area contributed by atoms with Crippen LogP contribution in [-0.2, 0) is 0 Å². The quantitative estimate of drug-likeness (QED) is 0.335. The Morgan fingerprint density at radius 3 is 2.33 bits per heavy atom. The molecule has 0 saturated heterocycles. The third-order valence-corrected chi connectivity index (χ3v) is 1.73. The van der Waals surface area contributed by atoms with Crippen LogP contribution in [0.2, 0.25) is 0 Å². The Hall–Kier alpha value is 0.270. The standard InChI is InChI=1S/C6H16N2S/c1-8(2,6-7)4-3-5-9/h3-7H2,1-2H3/p+1. The van der Waals surface area contributed by atoms with Crippen molar-refractivity contribution in [3.8, 4) is 0 Å². The maximum atomic E-state index is 5.49. The van der Waals surface area contributed by atoms with Crippen molar-refractivity contribution in [1.82, 2.24) is 0 Å². The van der Waals surface area contributed by atoms with Gasteiger partial charge in [0.05, 0.1) is 20.6 Å². The fourth-order valence-electron chi connectivity index (χ4n) is 0.590. The van der Waals surface area contributed by atoms with Gasteiger partial charge >= 0.3 is 0 Å². The minimum atomic E-state index is 0.716. The number of hydrogen-bond donors (Lipinski definition) is 2. The zero-order valence-electron chi connectivity index (χ0n) is 6.30. The highest BCUT2D eigenvalue weighted by atomic mass is 32.1. The van der Waals surface area contributed by atoms with E-state index in [-0.39, 0.29) is 0 Å². The maximum Gasteiger partial charge on any atom is 0.129 e. The average Bonchev–Trinajstić information content (AvgIpc) is 1.84. The SMILES string of the molecule is C[N+](C)(CN)CCCS. The summed E-state index contributed by atoms with van der Waals surface area (Å²) < 4.78 is 0.903. The zero-order chi connectivity index (χ0) is 7.33. The molecule has 0 saturated carbocycles. The highest BCUT2D eigenvalue weighted by molar-refractivity contribution is 7.80. The minimum Gasteiger partial charge on any atom is -0.316 e. The third-order valence-electron chi connectivity index (χ3n) is 1.42. The van der Waals surface area contributed by atoms with E-state index in [1.807, 2.05) is 0 Å². The van der Waals surface area contributed by atoms with E-state index < -0.39 is 0 Å². The van der Waals surface area contributed by atoms with E-state index in [0.29, 0.717) is 6.67 Å². The van der Waals surface area contributed by atoms with Crippen LogP contribution >= 0.6 is 12.6 Å². The van der Waals surface area contributed by atoms with Gasteiger partial charge in [0.2, 0.25) is 0 Å². The van der Waals surface area contributed by atoms with Crippen LogP contribution in [0, 0.1) is 0 Å². The lowest BCUT2D eigenvalue weighted by Crippen LogP contribution is -2.45. The van der Waals surface area contributed by atoms with Gasteiger partial charge in [-0.1, -0.05) is 0 Å². The molecule has 3 heteroatoms. The third kappa shape index (κ3) is 4.75. The van der Waals surface area contributed by atoms with Crippen LogP contribution in [0.15, 0.2) is 0 Å². The Labute approximate surface area is 63.0 Å². The normalized spacial score (nSPS) is 12.0. The Morgan fingerprint density at radius 1 is 1.44 bits per heavy atom. The van der Waals surface area contributed by atoms with E-state index >= 15 is 0 Å². The van der Waals surface area contributed by atoms with Gasteiger partial charge in [0.25, 0.3) is 0 Å². The lowest BCUT2D eigenvalue weighted by molar-refractivity contribution is -0.889. The number of nitrogens with zero attached hydrogens (tertiary/aromatic N) is 1. The smallest absolute Gasteiger partial charge is 0.129 e. The predicted molar refractivity (Wildman–Crippen MR) is 44.5 cm³/mol. The highest BCUT2D eigenvalue weighted by Gasteiger charge is 2.09. The summed E-state index contributed by atoms with van der Waals surface area (Å²) in [6.45, 7) is 1.84. The lowest BCUT2D eigenvalue weighted by Gasteiger charge is -2.27. The van der Waals surface area contributed by atoms with E-state index in [0.717, 1.165) is 23.2 Å². The molecule has 2 N–H and O–H groups in total. The zero-order valence-corrected chi connectivity index (χ0v) is 7.19. The van der Waals surface area contributed by atoms with Crippen molar-refractivity contribution < 1.29 is 4.48 Å². The Balaban J connectivity index is 3.33. The fraction of sp³-hybridized carbons (Fsp3) is 1.00. The first-order chi connectivity index (χ1) is 4.12. The molecule has 0 atom stereocenters. The lowest BCUT2D eigenvalue weighted by atomic mass is 10.4. The Morgan fingerprint density at radius 2 is 2.00 bits per heavy atom. The summed E-state index contributed by atoms with van der Waals surface area (Å²) in [4.78, 5) is 0. The summed E-state index contributed by atoms with van der Waals surface area (Å²) in [5.41, 5.74) is 5.49. The number of rotatable bonds is 4. The van der Waals surface area contributed by atoms with Crippen molar-refractivity contribution in [2.75, 3.05) is 33.1 Å². The molecule has 0 amide bonds. The van der Waals surface area contributed by atoms with Gasteiger partial charge in [0, 0.05) is 6.42 Å². The number of hydrogen-bond acceptors (Lipinski definition) is 2. The van der Waals surface area contributed by atoms with Crippen LogP contribution < -0.4 is 5.73 Å². The molecule has 0 aromatic rings. The molecule has 0 aliphatic heterocycles. The van der Waals surface area contributed by atoms with Gasteiger partial charge in [-0.3, -0.25) is 5.73 Å². The van der Waals surface area contributed by atoms with Crippen molar-refractivity contribution >= 4 is 12.6 Å². The molecule has 0 bridgehead atoms. The molecule has 0 rings (SSSR count). The summed E-state index contributed by atoms with van der Waals surface area (Å²) in [5.74, 6) is 0.960. The van der Waals surface area contributed by atoms with Crippen LogP contribution in [0.3, 0.4) is 0 Å². The molecule has 0 radical (unpaired) electrons. The molecule has 0 unspecified atom stereocenters. The molecule has 0 aliphatic carbocycles. The van der Waals surface area contributed by atoms with Crippen LogP contribution in [0.1, 0.15) is 6.42 Å². The highest BCUT2D eigenvalue weighted by Crippen LogP contribution is 1.96. The Kier molecular flexibility index (Phi) is 4.27. The number of quaternary nitrogens is 1. The summed E-state index contributed by atoms with van der Waals surface area (Å²) in [6.07, 6.45) is 1.15. The number of thiol groups is 1. The molecular weight excluding hydrogens is 132 g/mol. The maximum absolute atomic E-state index is 5.49. The predicted octanol–water partition coefficient (Wildman–Crippen LogP) is 0.299. The molecule has 0 spiro atoms. The number of nitrogens with two attached hydrogens (primary N) is 1. The molecule has 0 aliphatic rings. The molecular formula is C6H17N2S+. The van der Waals surface area contributed by atoms with Crippen LogP contribution in [-0.4, -0.2) is 37.5 Å². The van der Waals surface area contributed by atoms with Crippen molar-refractivity contribution in [1.29, 1.82) is 0 Å². The van der Waals surface area contributed by atoms with Gasteiger partial charge in [-0.25, -0.2) is 0 Å². The topological polar surface area (TPSA) is 26.0 Å². The molecule has 56 valence electrons. The van der Waals surface area contributed by atoms with Crippen molar-refractivity contribution in [2.45, 2.75) is 6.42 Å². The van der Waals surface area contributed by atoms with E-state index in [9.17, 15) is 0 Å². The summed E-state index contributed by atoms with van der Waals surface area (Å²) >= 11 is 4.12. The molecule has 9 heavy (non-hydrogen) atoms. The molecule has 0 fully saturated rings. The second kappa shape index (κ2) is 4.14. The molecule has 0 heterocycles. The first kappa shape index (κ1) is 9.27. The molecule has 0 aromatic carbocycles. The van der Waals surface area contributed by atoms with Crippen LogP contribution in [0.5, 0.6) is 0 Å². The largest absolute Gasteiger partial charge is 0.316 e. The summed E-state index contributed by atoms with van der Waals surface area (Å²) in [7, 11) is 4.26. The summed E-state index contributed by atoms with van der Waals surface area (Å²) in [6, 6.07) is 0. The fourth-order valence-corrected chi connectivity index (χ4v) is 0.731. The molecule has 2 nitrogen and oxygen atoms in total. The van der Waals surface area contributed by atoms with E-state index in [1.165, 1.54) is 0 Å².